The van der Waals surface area contributed by atoms with Crippen molar-refractivity contribution in [2.75, 3.05) is 0 Å². The van der Waals surface area contributed by atoms with Crippen LogP contribution in [0.15, 0.2) is 11.6 Å². The Balaban J connectivity index is 1.85. The maximum absolute atomic E-state index is 12.9. The van der Waals surface area contributed by atoms with Crippen LogP contribution in [0.25, 0.3) is 0 Å². The average Bonchev–Trinajstić information content (AvgIpc) is 3.26. The molecule has 4 rings (SSSR count). The summed E-state index contributed by atoms with van der Waals surface area (Å²) in [6.07, 6.45) is 7.47. The van der Waals surface area contributed by atoms with E-state index in [0.29, 0.717) is 30.1 Å². The summed E-state index contributed by atoms with van der Waals surface area (Å²) in [5.41, 5.74) is 1.62. The summed E-state index contributed by atoms with van der Waals surface area (Å²) >= 11 is 0. The molecule has 0 spiro atoms. The fourth-order valence-corrected chi connectivity index (χ4v) is 6.50. The first-order valence-electron chi connectivity index (χ1n) is 12.3. The van der Waals surface area contributed by atoms with Crippen LogP contribution in [0.3, 0.4) is 0 Å². The molecule has 180 valence electrons. The van der Waals surface area contributed by atoms with Gasteiger partial charge in [-0.1, -0.05) is 46.3 Å². The van der Waals surface area contributed by atoms with Gasteiger partial charge in [0.25, 0.3) is 0 Å². The molecule has 0 aromatic heterocycles. The minimum absolute atomic E-state index is 0.0141. The highest BCUT2D eigenvalue weighted by Crippen LogP contribution is 2.67. The molecular formula is C28H38O5. The lowest BCUT2D eigenvalue weighted by Gasteiger charge is -2.44. The average molecular weight is 455 g/mol. The van der Waals surface area contributed by atoms with Crippen LogP contribution in [-0.4, -0.2) is 28.4 Å². The van der Waals surface area contributed by atoms with Gasteiger partial charge in [-0.2, -0.15) is 0 Å². The fourth-order valence-electron chi connectivity index (χ4n) is 6.50. The topological polar surface area (TPSA) is 83.8 Å². The molecule has 1 aromatic carbocycles. The Hall–Kier alpha value is -2.30. The zero-order valence-corrected chi connectivity index (χ0v) is 20.8. The number of ether oxygens (including phenoxy) is 1. The van der Waals surface area contributed by atoms with Gasteiger partial charge in [-0.3, -0.25) is 9.59 Å². The maximum Gasteiger partial charge on any atom is 0.170 e. The predicted octanol–water partition coefficient (Wildman–Crippen LogP) is 6.24. The molecule has 1 heterocycles. The molecule has 5 nitrogen and oxygen atoms in total. The maximum atomic E-state index is 12.9. The summed E-state index contributed by atoms with van der Waals surface area (Å²) in [6, 6.07) is 0. The largest absolute Gasteiger partial charge is 0.507 e. The summed E-state index contributed by atoms with van der Waals surface area (Å²) in [5.74, 6) is 0.146. The molecule has 3 aliphatic rings. The Morgan fingerprint density at radius 1 is 1.24 bits per heavy atom. The number of aromatic hydroxyl groups is 2. The third kappa shape index (κ3) is 3.87. The smallest absolute Gasteiger partial charge is 0.170 e. The van der Waals surface area contributed by atoms with E-state index in [0.717, 1.165) is 25.7 Å². The number of rotatable bonds is 4. The van der Waals surface area contributed by atoms with E-state index in [9.17, 15) is 19.8 Å². The van der Waals surface area contributed by atoms with Gasteiger partial charge in [-0.25, -0.2) is 0 Å². The first-order chi connectivity index (χ1) is 15.4. The number of benzene rings is 1. The van der Waals surface area contributed by atoms with Crippen LogP contribution in [0.5, 0.6) is 17.2 Å². The lowest BCUT2D eigenvalue weighted by atomic mass is 9.69. The Bertz CT molecular complexity index is 1020. The van der Waals surface area contributed by atoms with E-state index in [1.807, 2.05) is 13.8 Å². The molecular weight excluding hydrogens is 416 g/mol. The molecule has 0 bridgehead atoms. The van der Waals surface area contributed by atoms with Crippen molar-refractivity contribution in [2.24, 2.45) is 28.6 Å². The van der Waals surface area contributed by atoms with Crippen molar-refractivity contribution in [2.45, 2.75) is 86.2 Å². The van der Waals surface area contributed by atoms with Crippen LogP contribution < -0.4 is 4.74 Å². The van der Waals surface area contributed by atoms with Crippen LogP contribution >= 0.6 is 0 Å². The summed E-state index contributed by atoms with van der Waals surface area (Å²) in [7, 11) is 0. The van der Waals surface area contributed by atoms with E-state index >= 15 is 0 Å². The van der Waals surface area contributed by atoms with E-state index in [-0.39, 0.29) is 57.7 Å². The second-order valence-electron chi connectivity index (χ2n) is 11.9. The SMILES string of the molecule is C/C1=C\CC[C@@]2(C)Cc3c(O)c(C(=O)CC(C)C)c(O)c(C=O)c3O[C@@H]2[C@H]2[C@H](CC1)C2(C)C. The second kappa shape index (κ2) is 8.18. The van der Waals surface area contributed by atoms with Crippen LogP contribution in [0.2, 0.25) is 0 Å². The van der Waals surface area contributed by atoms with Crippen molar-refractivity contribution in [3.63, 3.8) is 0 Å². The van der Waals surface area contributed by atoms with Crippen molar-refractivity contribution < 1.29 is 24.5 Å². The number of fused-ring (bicyclic) bond motifs is 4. The van der Waals surface area contributed by atoms with Crippen LogP contribution in [0, 0.1) is 28.6 Å². The Labute approximate surface area is 197 Å². The molecule has 4 atom stereocenters. The first kappa shape index (κ1) is 23.8. The van der Waals surface area contributed by atoms with Gasteiger partial charge in [-0.05, 0) is 56.3 Å². The number of hydrogen-bond donors (Lipinski definition) is 2. The van der Waals surface area contributed by atoms with Gasteiger partial charge in [-0.15, -0.1) is 0 Å². The summed E-state index contributed by atoms with van der Waals surface area (Å²) in [5, 5.41) is 22.0. The number of allylic oxidation sites excluding steroid dienone is 2. The number of carbonyl (C=O) groups excluding carboxylic acids is 2. The van der Waals surface area contributed by atoms with E-state index < -0.39 is 5.75 Å². The molecule has 1 fully saturated rings. The van der Waals surface area contributed by atoms with E-state index in [1.165, 1.54) is 5.57 Å². The molecule has 2 N–H and O–H groups in total. The van der Waals surface area contributed by atoms with Crippen LogP contribution in [0.1, 0.15) is 99.9 Å². The molecule has 0 amide bonds. The van der Waals surface area contributed by atoms with Gasteiger partial charge < -0.3 is 14.9 Å². The quantitative estimate of drug-likeness (QED) is 0.319. The van der Waals surface area contributed by atoms with Gasteiger partial charge in [0, 0.05) is 23.3 Å². The molecule has 1 saturated carbocycles. The van der Waals surface area contributed by atoms with Crippen LogP contribution in [0.4, 0.5) is 0 Å². The second-order valence-corrected chi connectivity index (χ2v) is 11.9. The van der Waals surface area contributed by atoms with Gasteiger partial charge in [0.2, 0.25) is 0 Å². The highest BCUT2D eigenvalue weighted by atomic mass is 16.5. The van der Waals surface area contributed by atoms with Crippen molar-refractivity contribution >= 4 is 12.1 Å². The molecule has 33 heavy (non-hydrogen) atoms. The number of phenols is 2. The Morgan fingerprint density at radius 3 is 2.58 bits per heavy atom. The Morgan fingerprint density at radius 2 is 1.94 bits per heavy atom. The summed E-state index contributed by atoms with van der Waals surface area (Å²) < 4.78 is 6.60. The predicted molar refractivity (Wildman–Crippen MR) is 128 cm³/mol. The lowest BCUT2D eigenvalue weighted by molar-refractivity contribution is 0.00493. The Kier molecular flexibility index (Phi) is 5.91. The van der Waals surface area contributed by atoms with Gasteiger partial charge in [0.15, 0.2) is 12.1 Å². The van der Waals surface area contributed by atoms with Crippen molar-refractivity contribution in [1.82, 2.24) is 0 Å². The number of Topliss-reactive ketones (excluding diaryl/α,β-unsaturated/α-hetero) is 1. The van der Waals surface area contributed by atoms with Crippen molar-refractivity contribution in [1.29, 1.82) is 0 Å². The third-order valence-electron chi connectivity index (χ3n) is 8.56. The standard InChI is InChI=1S/C28H38O5/c1-15(2)12-20(30)21-23(31)17-13-28(6)11-7-8-16(3)9-10-19-22(27(19,4)5)26(28)33-25(17)18(14-29)24(21)32/h8,14-15,19,22,26,31-32H,7,9-13H2,1-6H3/b16-8+/t19-,22+,26+,28-/m0/s1. The van der Waals surface area contributed by atoms with E-state index in [1.54, 1.807) is 0 Å². The summed E-state index contributed by atoms with van der Waals surface area (Å²) in [6.45, 7) is 12.8. The highest BCUT2D eigenvalue weighted by Gasteiger charge is 2.65. The number of phenolic OH excluding ortho intramolecular Hbond substituents is 2. The molecule has 0 radical (unpaired) electrons. The molecule has 0 unspecified atom stereocenters. The summed E-state index contributed by atoms with van der Waals surface area (Å²) in [4.78, 5) is 25.0. The normalized spacial score (nSPS) is 31.8. The van der Waals surface area contributed by atoms with Crippen molar-refractivity contribution in [3.05, 3.63) is 28.3 Å². The minimum Gasteiger partial charge on any atom is -0.507 e. The zero-order chi connectivity index (χ0) is 24.3. The number of hydrogen-bond acceptors (Lipinski definition) is 5. The molecule has 1 aromatic rings. The van der Waals surface area contributed by atoms with Gasteiger partial charge in [0.1, 0.15) is 28.9 Å². The molecule has 5 heteroatoms. The fraction of sp³-hybridized carbons (Fsp3) is 0.643. The first-order valence-corrected chi connectivity index (χ1v) is 12.3. The molecule has 0 saturated heterocycles. The van der Waals surface area contributed by atoms with E-state index in [4.69, 9.17) is 4.74 Å². The lowest BCUT2D eigenvalue weighted by Crippen LogP contribution is -2.45. The zero-order valence-electron chi connectivity index (χ0n) is 20.8. The third-order valence-corrected chi connectivity index (χ3v) is 8.56. The molecule has 2 aliphatic carbocycles. The monoisotopic (exact) mass is 454 g/mol. The molecule has 1 aliphatic heterocycles. The van der Waals surface area contributed by atoms with Crippen molar-refractivity contribution in [3.8, 4) is 17.2 Å². The van der Waals surface area contributed by atoms with Crippen LogP contribution in [-0.2, 0) is 6.42 Å². The minimum atomic E-state index is -0.458. The number of carbonyl (C=O) groups is 2. The van der Waals surface area contributed by atoms with Gasteiger partial charge >= 0.3 is 0 Å². The van der Waals surface area contributed by atoms with E-state index in [2.05, 4.69) is 33.8 Å². The van der Waals surface area contributed by atoms with Gasteiger partial charge in [0.05, 0.1) is 5.56 Å². The number of aldehydes is 1. The number of ketones is 1. The highest BCUT2D eigenvalue weighted by molar-refractivity contribution is 6.05.